The van der Waals surface area contributed by atoms with E-state index in [1.807, 2.05) is 0 Å². The van der Waals surface area contributed by atoms with Crippen LogP contribution in [0.15, 0.2) is 35.5 Å². The lowest BCUT2D eigenvalue weighted by Gasteiger charge is -2.22. The summed E-state index contributed by atoms with van der Waals surface area (Å²) in [5, 5.41) is 5.27. The Balaban J connectivity index is 2.52. The van der Waals surface area contributed by atoms with E-state index in [1.165, 1.54) is 6.26 Å². The normalized spacial score (nSPS) is 10.8. The van der Waals surface area contributed by atoms with E-state index < -0.39 is 5.41 Å². The van der Waals surface area contributed by atoms with Gasteiger partial charge in [0.1, 0.15) is 11.2 Å². The van der Waals surface area contributed by atoms with Crippen LogP contribution in [0.2, 0.25) is 0 Å². The Morgan fingerprint density at radius 1 is 1.39 bits per heavy atom. The molecule has 5 heteroatoms. The van der Waals surface area contributed by atoms with Gasteiger partial charge in [-0.2, -0.15) is 0 Å². The zero-order chi connectivity index (χ0) is 13.6. The molecule has 2 N–H and O–H groups in total. The average Bonchev–Trinajstić information content (AvgIpc) is 2.85. The molecule has 0 saturated carbocycles. The molecule has 0 bridgehead atoms. The zero-order valence-corrected chi connectivity index (χ0v) is 10.7. The first kappa shape index (κ1) is 14.0. The predicted molar refractivity (Wildman–Crippen MR) is 67.5 cm³/mol. The first-order valence-electron chi connectivity index (χ1n) is 5.68. The van der Waals surface area contributed by atoms with Crippen LogP contribution in [-0.4, -0.2) is 18.4 Å². The van der Waals surface area contributed by atoms with E-state index in [-0.39, 0.29) is 18.4 Å². The molecule has 0 aliphatic carbocycles. The number of furan rings is 1. The molecule has 0 spiro atoms. The molecule has 0 aliphatic heterocycles. The van der Waals surface area contributed by atoms with Crippen molar-refractivity contribution in [1.82, 2.24) is 10.6 Å². The van der Waals surface area contributed by atoms with Crippen molar-refractivity contribution in [3.05, 3.63) is 36.8 Å². The van der Waals surface area contributed by atoms with Gasteiger partial charge in [0, 0.05) is 6.54 Å². The minimum Gasteiger partial charge on any atom is -0.467 e. The third kappa shape index (κ3) is 3.48. The van der Waals surface area contributed by atoms with Crippen molar-refractivity contribution in [2.24, 2.45) is 5.41 Å². The number of amides is 2. The number of carbonyl (C=O) groups excluding carboxylic acids is 2. The number of hydrogen-bond donors (Lipinski definition) is 2. The van der Waals surface area contributed by atoms with Crippen molar-refractivity contribution in [1.29, 1.82) is 0 Å². The molecule has 1 rings (SSSR count). The summed E-state index contributed by atoms with van der Waals surface area (Å²) in [6.45, 7) is 7.26. The lowest BCUT2D eigenvalue weighted by atomic mass is 9.91. The second kappa shape index (κ2) is 6.05. The first-order chi connectivity index (χ1) is 8.48. The van der Waals surface area contributed by atoms with E-state index in [9.17, 15) is 9.59 Å². The highest BCUT2D eigenvalue weighted by molar-refractivity contribution is 6.04. The Bertz CT molecular complexity index is 421. The van der Waals surface area contributed by atoms with Gasteiger partial charge < -0.3 is 15.1 Å². The topological polar surface area (TPSA) is 71.3 Å². The monoisotopic (exact) mass is 250 g/mol. The van der Waals surface area contributed by atoms with Crippen molar-refractivity contribution in [3.8, 4) is 0 Å². The Kier molecular flexibility index (Phi) is 4.71. The van der Waals surface area contributed by atoms with Crippen molar-refractivity contribution >= 4 is 11.8 Å². The van der Waals surface area contributed by atoms with E-state index in [2.05, 4.69) is 17.2 Å². The Morgan fingerprint density at radius 3 is 2.61 bits per heavy atom. The van der Waals surface area contributed by atoms with Gasteiger partial charge in [0.25, 0.3) is 0 Å². The molecule has 0 atom stereocenters. The Hall–Kier alpha value is -2.04. The minimum atomic E-state index is -1.13. The maximum Gasteiger partial charge on any atom is 0.235 e. The van der Waals surface area contributed by atoms with Crippen LogP contribution in [0.3, 0.4) is 0 Å². The molecule has 0 unspecified atom stereocenters. The third-order valence-corrected chi connectivity index (χ3v) is 2.55. The van der Waals surface area contributed by atoms with Crippen LogP contribution < -0.4 is 10.6 Å². The number of hydrogen-bond acceptors (Lipinski definition) is 3. The van der Waals surface area contributed by atoms with Crippen molar-refractivity contribution in [3.63, 3.8) is 0 Å². The number of nitrogens with one attached hydrogen (secondary N) is 2. The first-order valence-corrected chi connectivity index (χ1v) is 5.68. The fourth-order valence-corrected chi connectivity index (χ4v) is 1.29. The molecular formula is C13H18N2O3. The van der Waals surface area contributed by atoms with Crippen LogP contribution in [0, 0.1) is 5.41 Å². The van der Waals surface area contributed by atoms with E-state index in [1.54, 1.807) is 32.1 Å². The molecule has 5 nitrogen and oxygen atoms in total. The molecule has 0 saturated heterocycles. The fourth-order valence-electron chi connectivity index (χ4n) is 1.29. The smallest absolute Gasteiger partial charge is 0.235 e. The second-order valence-electron chi connectivity index (χ2n) is 4.39. The van der Waals surface area contributed by atoms with E-state index in [4.69, 9.17) is 4.42 Å². The summed E-state index contributed by atoms with van der Waals surface area (Å²) in [5.74, 6) is -0.0366. The van der Waals surface area contributed by atoms with Crippen LogP contribution >= 0.6 is 0 Å². The number of carbonyl (C=O) groups is 2. The van der Waals surface area contributed by atoms with E-state index in [0.29, 0.717) is 12.3 Å². The second-order valence-corrected chi connectivity index (χ2v) is 4.39. The average molecular weight is 250 g/mol. The van der Waals surface area contributed by atoms with Gasteiger partial charge >= 0.3 is 0 Å². The van der Waals surface area contributed by atoms with E-state index >= 15 is 0 Å². The zero-order valence-electron chi connectivity index (χ0n) is 10.7. The third-order valence-electron chi connectivity index (χ3n) is 2.55. The molecule has 98 valence electrons. The predicted octanol–water partition coefficient (Wildman–Crippen LogP) is 1.22. The highest BCUT2D eigenvalue weighted by atomic mass is 16.3. The molecule has 18 heavy (non-hydrogen) atoms. The van der Waals surface area contributed by atoms with Crippen molar-refractivity contribution < 1.29 is 14.0 Å². The van der Waals surface area contributed by atoms with Crippen LogP contribution in [-0.2, 0) is 16.1 Å². The summed E-state index contributed by atoms with van der Waals surface area (Å²) in [6.07, 6.45) is 3.10. The summed E-state index contributed by atoms with van der Waals surface area (Å²) < 4.78 is 5.09. The van der Waals surface area contributed by atoms with Gasteiger partial charge in [-0.15, -0.1) is 6.58 Å². The van der Waals surface area contributed by atoms with E-state index in [0.717, 1.165) is 0 Å². The molecule has 0 radical (unpaired) electrons. The van der Waals surface area contributed by atoms with Crippen LogP contribution in [0.4, 0.5) is 0 Å². The summed E-state index contributed by atoms with van der Waals surface area (Å²) in [5.41, 5.74) is -1.13. The van der Waals surface area contributed by atoms with Gasteiger partial charge in [-0.05, 0) is 26.0 Å². The molecule has 1 aromatic rings. The van der Waals surface area contributed by atoms with Crippen molar-refractivity contribution in [2.75, 3.05) is 6.54 Å². The Morgan fingerprint density at radius 2 is 2.06 bits per heavy atom. The van der Waals surface area contributed by atoms with Gasteiger partial charge in [0.15, 0.2) is 0 Å². The largest absolute Gasteiger partial charge is 0.467 e. The summed E-state index contributed by atoms with van der Waals surface area (Å²) in [7, 11) is 0. The molecule has 0 aromatic carbocycles. The number of rotatable bonds is 6. The van der Waals surface area contributed by atoms with Crippen LogP contribution in [0.5, 0.6) is 0 Å². The highest BCUT2D eigenvalue weighted by Gasteiger charge is 2.35. The molecule has 1 aromatic heterocycles. The maximum absolute atomic E-state index is 11.9. The Labute approximate surface area is 106 Å². The van der Waals surface area contributed by atoms with Gasteiger partial charge in [0.05, 0.1) is 12.8 Å². The summed E-state index contributed by atoms with van der Waals surface area (Å²) >= 11 is 0. The van der Waals surface area contributed by atoms with Gasteiger partial charge in [0.2, 0.25) is 11.8 Å². The molecular weight excluding hydrogens is 232 g/mol. The van der Waals surface area contributed by atoms with Gasteiger partial charge in [-0.3, -0.25) is 9.59 Å². The lowest BCUT2D eigenvalue weighted by Crippen LogP contribution is -2.47. The maximum atomic E-state index is 11.9. The summed E-state index contributed by atoms with van der Waals surface area (Å²) in [4.78, 5) is 23.7. The van der Waals surface area contributed by atoms with Crippen molar-refractivity contribution in [2.45, 2.75) is 20.4 Å². The fraction of sp³-hybridized carbons (Fsp3) is 0.385. The molecule has 0 aliphatic rings. The highest BCUT2D eigenvalue weighted by Crippen LogP contribution is 2.15. The van der Waals surface area contributed by atoms with Crippen LogP contribution in [0.1, 0.15) is 19.6 Å². The van der Waals surface area contributed by atoms with Crippen LogP contribution in [0.25, 0.3) is 0 Å². The lowest BCUT2D eigenvalue weighted by molar-refractivity contribution is -0.141. The molecule has 1 heterocycles. The minimum absolute atomic E-state index is 0.268. The standard InChI is InChI=1S/C13H18N2O3/c1-4-7-14-11(16)13(2,3)12(17)15-9-10-6-5-8-18-10/h4-6,8H,1,7,9H2,2-3H3,(H,14,16)(H,15,17). The van der Waals surface area contributed by atoms with Gasteiger partial charge in [-0.1, -0.05) is 6.08 Å². The quantitative estimate of drug-likeness (QED) is 0.589. The summed E-state index contributed by atoms with van der Waals surface area (Å²) in [6, 6.07) is 3.49. The molecule has 2 amide bonds. The van der Waals surface area contributed by atoms with Gasteiger partial charge in [-0.25, -0.2) is 0 Å². The SMILES string of the molecule is C=CCNC(=O)C(C)(C)C(=O)NCc1ccco1. The molecule has 0 fully saturated rings.